The van der Waals surface area contributed by atoms with Crippen molar-refractivity contribution in [3.05, 3.63) is 138 Å². The fourth-order valence-electron chi connectivity index (χ4n) is 8.27. The van der Waals surface area contributed by atoms with Gasteiger partial charge in [-0.25, -0.2) is 53.3 Å². The topological polar surface area (TPSA) is 218 Å². The van der Waals surface area contributed by atoms with Gasteiger partial charge in [0.2, 0.25) is 11.6 Å². The van der Waals surface area contributed by atoms with Crippen LogP contribution in [0.5, 0.6) is 0 Å². The van der Waals surface area contributed by atoms with Gasteiger partial charge in [0, 0.05) is 11.1 Å². The lowest BCUT2D eigenvalue weighted by molar-refractivity contribution is -0.243. The van der Waals surface area contributed by atoms with Crippen molar-refractivity contribution < 1.29 is 88.2 Å². The van der Waals surface area contributed by atoms with Gasteiger partial charge >= 0.3 is 0 Å². The molecule has 0 radical (unpaired) electrons. The van der Waals surface area contributed by atoms with Crippen molar-refractivity contribution in [3.8, 4) is 22.5 Å². The molecule has 0 amide bonds. The molecule has 30 heteroatoms. The van der Waals surface area contributed by atoms with E-state index in [4.69, 9.17) is 55.9 Å². The molecule has 2 fully saturated rings. The van der Waals surface area contributed by atoms with Gasteiger partial charge in [0.15, 0.2) is 56.4 Å². The Bertz CT molecular complexity index is 2840. The third-order valence-corrected chi connectivity index (χ3v) is 15.4. The number of aliphatic hydroxyl groups is 6. The van der Waals surface area contributed by atoms with Gasteiger partial charge in [-0.3, -0.25) is 4.21 Å². The smallest absolute Gasteiger partial charge is 0.200 e. The zero-order chi connectivity index (χ0) is 51.2. The van der Waals surface area contributed by atoms with E-state index in [0.717, 1.165) is 36.4 Å². The van der Waals surface area contributed by atoms with Crippen LogP contribution in [0.3, 0.4) is 0 Å². The summed E-state index contributed by atoms with van der Waals surface area (Å²) in [6.07, 6.45) is -13.2. The van der Waals surface area contributed by atoms with Crippen LogP contribution in [0.4, 0.5) is 43.9 Å². The molecule has 6 N–H and O–H groups in total. The first kappa shape index (κ1) is 51.8. The maximum atomic E-state index is 16.5. The summed E-state index contributed by atoms with van der Waals surface area (Å²) in [5.74, 6) is -24.2. The summed E-state index contributed by atoms with van der Waals surface area (Å²) in [5, 5.41) is 83.5. The fraction of sp³-hybridized carbons (Fsp3) is 0.300. The summed E-state index contributed by atoms with van der Waals surface area (Å²) in [7, 11) is -3.59. The molecule has 0 spiro atoms. The number of ether oxygens (including phenoxy) is 2. The Kier molecular flexibility index (Phi) is 14.2. The van der Waals surface area contributed by atoms with Gasteiger partial charge in [0.25, 0.3) is 0 Å². The van der Waals surface area contributed by atoms with Crippen molar-refractivity contribution in [2.24, 2.45) is 0 Å². The van der Waals surface area contributed by atoms with Gasteiger partial charge < -0.3 is 40.1 Å². The van der Waals surface area contributed by atoms with E-state index in [-0.39, 0.29) is 20.1 Å². The molecule has 8 rings (SSSR count). The van der Waals surface area contributed by atoms with Crippen LogP contribution in [0.1, 0.15) is 23.2 Å². The number of hydrogen-bond donors (Lipinski definition) is 6. The van der Waals surface area contributed by atoms with Gasteiger partial charge in [-0.15, -0.1) is 10.2 Å². The van der Waals surface area contributed by atoms with Gasteiger partial charge in [0.1, 0.15) is 70.9 Å². The molecule has 2 aromatic heterocycles. The Labute approximate surface area is 406 Å². The minimum atomic E-state index is -3.59. The maximum Gasteiger partial charge on any atom is 0.200 e. The van der Waals surface area contributed by atoms with E-state index in [9.17, 15) is 57.0 Å². The van der Waals surface area contributed by atoms with Crippen molar-refractivity contribution in [3.63, 3.8) is 0 Å². The molecule has 2 aliphatic heterocycles. The molecule has 15 nitrogen and oxygen atoms in total. The summed E-state index contributed by atoms with van der Waals surface area (Å²) >= 11 is 25.4. The highest BCUT2D eigenvalue weighted by Gasteiger charge is 2.69. The molecule has 374 valence electrons. The summed E-state index contributed by atoms with van der Waals surface area (Å²) in [6, 6.07) is 1.49. The number of aromatic nitrogens is 6. The second-order valence-corrected chi connectivity index (χ2v) is 18.8. The number of halogens is 14. The second-order valence-electron chi connectivity index (χ2n) is 15.4. The van der Waals surface area contributed by atoms with Crippen LogP contribution in [0.25, 0.3) is 22.5 Å². The summed E-state index contributed by atoms with van der Waals surface area (Å²) in [5.41, 5.74) is -6.55. The molecule has 70 heavy (non-hydrogen) atoms. The molecule has 10 atom stereocenters. The first-order valence-corrected chi connectivity index (χ1v) is 22.2. The minimum absolute atomic E-state index is 0.205. The van der Waals surface area contributed by atoms with E-state index >= 15 is 21.8 Å². The quantitative estimate of drug-likeness (QED) is 0.0555. The summed E-state index contributed by atoms with van der Waals surface area (Å²) in [4.78, 5) is -6.43. The van der Waals surface area contributed by atoms with E-state index in [1.807, 2.05) is 0 Å². The van der Waals surface area contributed by atoms with Gasteiger partial charge in [-0.2, -0.15) is 0 Å². The van der Waals surface area contributed by atoms with Crippen LogP contribution in [0.15, 0.2) is 48.8 Å². The molecular weight excluding hydrogens is 1070 g/mol. The monoisotopic (exact) mass is 1100 g/mol. The lowest BCUT2D eigenvalue weighted by Gasteiger charge is -2.55. The zero-order valence-electron chi connectivity index (χ0n) is 33.9. The van der Waals surface area contributed by atoms with E-state index < -0.39 is 174 Å². The number of hydrogen-bond acceptors (Lipinski definition) is 13. The Hall–Kier alpha value is -4.55. The van der Waals surface area contributed by atoms with Gasteiger partial charge in [-0.1, -0.05) is 69.0 Å². The third-order valence-electron chi connectivity index (χ3n) is 11.7. The van der Waals surface area contributed by atoms with Gasteiger partial charge in [-0.05, 0) is 24.3 Å². The molecule has 0 unspecified atom stereocenters. The molecule has 0 saturated carbocycles. The Morgan fingerprint density at radius 3 is 1.14 bits per heavy atom. The van der Waals surface area contributed by atoms with Crippen molar-refractivity contribution in [1.82, 2.24) is 30.0 Å². The summed E-state index contributed by atoms with van der Waals surface area (Å²) < 4.78 is 175. The average Bonchev–Trinajstić information content (AvgIpc) is 4.02. The van der Waals surface area contributed by atoms with Gasteiger partial charge in [0.05, 0.1) is 56.8 Å². The molecule has 2 aliphatic rings. The number of aliphatic hydroxyl groups excluding tert-OH is 6. The Morgan fingerprint density at radius 2 is 0.843 bits per heavy atom. The molecular formula is C40H26Cl4F10N6O9S. The van der Waals surface area contributed by atoms with Crippen LogP contribution in [-0.2, 0) is 30.1 Å². The third kappa shape index (κ3) is 7.86. The lowest BCUT2D eigenvalue weighted by atomic mass is 9.87. The Balaban J connectivity index is 1.38. The van der Waals surface area contributed by atoms with Crippen molar-refractivity contribution in [2.45, 2.75) is 58.6 Å². The normalized spacial score (nSPS) is 27.2. The number of rotatable bonds is 10. The molecule has 0 bridgehead atoms. The predicted octanol–water partition coefficient (Wildman–Crippen LogP) is 5.67. The van der Waals surface area contributed by atoms with Crippen molar-refractivity contribution in [2.75, 3.05) is 13.2 Å². The van der Waals surface area contributed by atoms with E-state index in [1.165, 1.54) is 0 Å². The SMILES string of the molecule is O=S([C@@]1(c2ccc(Cl)c(Cl)c2)O[C@H](CO)[C@H](O)[C@H](n2cc(-c3c(F)c(F)c(F)c(F)c3F)nn2)[C@H]1O)[C@@]1(c2ccc(Cl)c(Cl)c2)O[C@H](CO)[C@H](O)[C@H](n2cc(-c3c(F)c(F)c(F)c(F)c3F)nn2)[C@H]1O. The molecule has 4 aromatic carbocycles. The highest BCUT2D eigenvalue weighted by molar-refractivity contribution is 7.86. The lowest BCUT2D eigenvalue weighted by Crippen LogP contribution is -2.70. The highest BCUT2D eigenvalue weighted by atomic mass is 35.5. The van der Waals surface area contributed by atoms with Crippen LogP contribution < -0.4 is 0 Å². The number of benzene rings is 4. The van der Waals surface area contributed by atoms with Crippen LogP contribution >= 0.6 is 46.4 Å². The largest absolute Gasteiger partial charge is 0.394 e. The molecule has 2 saturated heterocycles. The first-order valence-electron chi connectivity index (χ1n) is 19.5. The van der Waals surface area contributed by atoms with E-state index in [1.54, 1.807) is 0 Å². The number of nitrogens with zero attached hydrogens (tertiary/aromatic N) is 6. The van der Waals surface area contributed by atoms with Crippen LogP contribution in [0, 0.1) is 58.2 Å². The molecule has 6 aromatic rings. The maximum absolute atomic E-state index is 16.5. The molecule has 0 aliphatic carbocycles. The van der Waals surface area contributed by atoms with Crippen molar-refractivity contribution >= 4 is 57.2 Å². The summed E-state index contributed by atoms with van der Waals surface area (Å²) in [6.45, 7) is -2.57. The zero-order valence-corrected chi connectivity index (χ0v) is 37.8. The van der Waals surface area contributed by atoms with E-state index in [0.29, 0.717) is 21.8 Å². The van der Waals surface area contributed by atoms with E-state index in [2.05, 4.69) is 20.6 Å². The van der Waals surface area contributed by atoms with Crippen LogP contribution in [-0.4, -0.2) is 115 Å². The minimum Gasteiger partial charge on any atom is -0.394 e. The predicted molar refractivity (Wildman–Crippen MR) is 221 cm³/mol. The second kappa shape index (κ2) is 19.1. The van der Waals surface area contributed by atoms with Crippen LogP contribution in [0.2, 0.25) is 20.1 Å². The standard InChI is InChI=1S/C40H26Cl4F10N6O9S/c41-13-3-1-11(5-15(13)43)39(37(65)33(35(63)19(9-61)68-39)59-7-17(55-57-59)21-23(45)27(49)31(53)28(50)24(21)46)70(67)40(12-2-4-14(42)16(44)6-12)38(66)34(36(64)20(10-62)69-40)60-8-18(56-58-60)22-25(47)29(51)32(54)30(52)26(22)48/h1-8,19-20,33-38,61-66H,9-10H2/t19-,20-,33+,34+,35+,36+,37-,38-,39-,40-/m1/s1. The van der Waals surface area contributed by atoms with Crippen molar-refractivity contribution in [1.29, 1.82) is 0 Å². The first-order chi connectivity index (χ1) is 33.0. The Morgan fingerprint density at radius 1 is 0.529 bits per heavy atom. The average molecular weight is 1100 g/mol. The molecule has 4 heterocycles. The highest BCUT2D eigenvalue weighted by Crippen LogP contribution is 2.56. The fourth-order valence-corrected chi connectivity index (χ4v) is 11.1.